The maximum atomic E-state index is 5.89. The molecule has 0 aromatic carbocycles. The Morgan fingerprint density at radius 2 is 1.84 bits per heavy atom. The summed E-state index contributed by atoms with van der Waals surface area (Å²) in [5, 5.41) is 6.55. The Balaban J connectivity index is 1.89. The SMILES string of the molecule is CCCNc1nc(Cl)nc(NCC2CCOCC2)n1. The summed E-state index contributed by atoms with van der Waals surface area (Å²) in [5.74, 6) is 1.66. The van der Waals surface area contributed by atoms with Crippen molar-refractivity contribution in [3.05, 3.63) is 5.28 Å². The molecule has 1 aliphatic heterocycles. The topological polar surface area (TPSA) is 72.0 Å². The summed E-state index contributed by atoms with van der Waals surface area (Å²) in [6.45, 7) is 5.43. The van der Waals surface area contributed by atoms with Gasteiger partial charge in [0.25, 0.3) is 0 Å². The first-order chi connectivity index (χ1) is 9.28. The molecule has 1 fully saturated rings. The fourth-order valence-electron chi connectivity index (χ4n) is 1.93. The summed E-state index contributed by atoms with van der Waals surface area (Å²) < 4.78 is 5.33. The van der Waals surface area contributed by atoms with E-state index in [4.69, 9.17) is 16.3 Å². The van der Waals surface area contributed by atoms with E-state index in [0.29, 0.717) is 17.8 Å². The Labute approximate surface area is 118 Å². The summed E-state index contributed by atoms with van der Waals surface area (Å²) in [6.07, 6.45) is 3.16. The monoisotopic (exact) mass is 285 g/mol. The summed E-state index contributed by atoms with van der Waals surface area (Å²) in [4.78, 5) is 12.4. The van der Waals surface area contributed by atoms with Crippen molar-refractivity contribution in [2.45, 2.75) is 26.2 Å². The summed E-state index contributed by atoms with van der Waals surface area (Å²) >= 11 is 5.89. The summed E-state index contributed by atoms with van der Waals surface area (Å²) in [5.41, 5.74) is 0. The molecular weight excluding hydrogens is 266 g/mol. The highest BCUT2D eigenvalue weighted by Crippen LogP contribution is 2.16. The number of hydrogen-bond donors (Lipinski definition) is 2. The van der Waals surface area contributed by atoms with Crippen LogP contribution in [0.15, 0.2) is 0 Å². The van der Waals surface area contributed by atoms with Gasteiger partial charge >= 0.3 is 0 Å². The van der Waals surface area contributed by atoms with Crippen molar-refractivity contribution < 1.29 is 4.74 Å². The van der Waals surface area contributed by atoms with E-state index in [0.717, 1.165) is 45.6 Å². The molecule has 0 bridgehead atoms. The molecule has 1 aromatic heterocycles. The molecule has 0 aliphatic carbocycles. The molecule has 0 radical (unpaired) electrons. The first-order valence-electron chi connectivity index (χ1n) is 6.75. The van der Waals surface area contributed by atoms with Gasteiger partial charge in [0, 0.05) is 26.3 Å². The average Bonchev–Trinajstić information content (AvgIpc) is 2.43. The van der Waals surface area contributed by atoms with E-state index < -0.39 is 0 Å². The van der Waals surface area contributed by atoms with Gasteiger partial charge < -0.3 is 15.4 Å². The van der Waals surface area contributed by atoms with Crippen LogP contribution < -0.4 is 10.6 Å². The third-order valence-electron chi connectivity index (χ3n) is 3.03. The third kappa shape index (κ3) is 4.80. The van der Waals surface area contributed by atoms with Gasteiger partial charge in [0.2, 0.25) is 17.2 Å². The Morgan fingerprint density at radius 3 is 2.53 bits per heavy atom. The van der Waals surface area contributed by atoms with Crippen molar-refractivity contribution in [3.63, 3.8) is 0 Å². The molecule has 2 N–H and O–H groups in total. The maximum absolute atomic E-state index is 5.89. The number of hydrogen-bond acceptors (Lipinski definition) is 6. The maximum Gasteiger partial charge on any atom is 0.228 e. The minimum atomic E-state index is 0.211. The van der Waals surface area contributed by atoms with E-state index in [1.165, 1.54) is 0 Å². The molecule has 19 heavy (non-hydrogen) atoms. The molecule has 0 spiro atoms. The highest BCUT2D eigenvalue weighted by Gasteiger charge is 2.14. The lowest BCUT2D eigenvalue weighted by Crippen LogP contribution is -2.23. The van der Waals surface area contributed by atoms with Gasteiger partial charge in [0.15, 0.2) is 0 Å². The predicted octanol–water partition coefficient (Wildman–Crippen LogP) is 2.19. The second-order valence-electron chi connectivity index (χ2n) is 4.62. The highest BCUT2D eigenvalue weighted by atomic mass is 35.5. The number of aromatic nitrogens is 3. The molecule has 0 atom stereocenters. The lowest BCUT2D eigenvalue weighted by Gasteiger charge is -2.22. The molecule has 6 nitrogen and oxygen atoms in total. The Bertz CT molecular complexity index is 398. The van der Waals surface area contributed by atoms with Crippen LogP contribution in [0.3, 0.4) is 0 Å². The molecule has 2 heterocycles. The number of nitrogens with zero attached hydrogens (tertiary/aromatic N) is 3. The zero-order valence-corrected chi connectivity index (χ0v) is 11.9. The molecule has 1 aliphatic rings. The van der Waals surface area contributed by atoms with E-state index in [9.17, 15) is 0 Å². The van der Waals surface area contributed by atoms with Gasteiger partial charge in [0.05, 0.1) is 0 Å². The number of ether oxygens (including phenoxy) is 1. The van der Waals surface area contributed by atoms with Crippen molar-refractivity contribution in [3.8, 4) is 0 Å². The van der Waals surface area contributed by atoms with Crippen molar-refractivity contribution >= 4 is 23.5 Å². The van der Waals surface area contributed by atoms with Gasteiger partial charge in [-0.2, -0.15) is 15.0 Å². The Kier molecular flexibility index (Phi) is 5.60. The number of halogens is 1. The van der Waals surface area contributed by atoms with Gasteiger partial charge in [-0.25, -0.2) is 0 Å². The van der Waals surface area contributed by atoms with Gasteiger partial charge in [-0.3, -0.25) is 0 Å². The first-order valence-corrected chi connectivity index (χ1v) is 7.12. The molecule has 1 aromatic rings. The Hall–Kier alpha value is -1.14. The smallest absolute Gasteiger partial charge is 0.228 e. The normalized spacial score (nSPS) is 16.3. The van der Waals surface area contributed by atoms with Crippen LogP contribution in [0.1, 0.15) is 26.2 Å². The van der Waals surface area contributed by atoms with Gasteiger partial charge in [-0.15, -0.1) is 0 Å². The fraction of sp³-hybridized carbons (Fsp3) is 0.750. The van der Waals surface area contributed by atoms with Gasteiger partial charge in [0.1, 0.15) is 0 Å². The van der Waals surface area contributed by atoms with Crippen molar-refractivity contribution in [1.29, 1.82) is 0 Å². The van der Waals surface area contributed by atoms with Gasteiger partial charge in [-0.1, -0.05) is 6.92 Å². The van der Waals surface area contributed by atoms with E-state index in [1.54, 1.807) is 0 Å². The van der Waals surface area contributed by atoms with Crippen LogP contribution in [0, 0.1) is 5.92 Å². The molecule has 106 valence electrons. The van der Waals surface area contributed by atoms with Crippen LogP contribution in [0.25, 0.3) is 0 Å². The second-order valence-corrected chi connectivity index (χ2v) is 4.95. The van der Waals surface area contributed by atoms with E-state index in [1.807, 2.05) is 0 Å². The van der Waals surface area contributed by atoms with E-state index in [2.05, 4.69) is 32.5 Å². The van der Waals surface area contributed by atoms with Crippen LogP contribution in [0.4, 0.5) is 11.9 Å². The average molecular weight is 286 g/mol. The van der Waals surface area contributed by atoms with Crippen LogP contribution in [0.5, 0.6) is 0 Å². The minimum Gasteiger partial charge on any atom is -0.381 e. The van der Waals surface area contributed by atoms with Crippen LogP contribution in [-0.4, -0.2) is 41.3 Å². The zero-order valence-electron chi connectivity index (χ0n) is 11.2. The molecule has 0 unspecified atom stereocenters. The predicted molar refractivity (Wildman–Crippen MR) is 75.7 cm³/mol. The van der Waals surface area contributed by atoms with E-state index in [-0.39, 0.29) is 5.28 Å². The number of anilines is 2. The lowest BCUT2D eigenvalue weighted by atomic mass is 10.0. The zero-order chi connectivity index (χ0) is 13.5. The molecule has 0 amide bonds. The molecular formula is C12H20ClN5O. The van der Waals surface area contributed by atoms with E-state index >= 15 is 0 Å². The first kappa shape index (κ1) is 14.3. The third-order valence-corrected chi connectivity index (χ3v) is 3.20. The quantitative estimate of drug-likeness (QED) is 0.835. The molecule has 7 heteroatoms. The van der Waals surface area contributed by atoms with Crippen molar-refractivity contribution in [2.24, 2.45) is 5.92 Å². The van der Waals surface area contributed by atoms with Crippen LogP contribution >= 0.6 is 11.6 Å². The highest BCUT2D eigenvalue weighted by molar-refractivity contribution is 6.28. The number of nitrogens with one attached hydrogen (secondary N) is 2. The van der Waals surface area contributed by atoms with Gasteiger partial charge in [-0.05, 0) is 36.8 Å². The molecule has 1 saturated heterocycles. The van der Waals surface area contributed by atoms with Crippen LogP contribution in [0.2, 0.25) is 5.28 Å². The summed E-state index contributed by atoms with van der Waals surface area (Å²) in [7, 11) is 0. The summed E-state index contributed by atoms with van der Waals surface area (Å²) in [6, 6.07) is 0. The Morgan fingerprint density at radius 1 is 1.16 bits per heavy atom. The number of rotatable bonds is 6. The molecule has 0 saturated carbocycles. The van der Waals surface area contributed by atoms with Crippen LogP contribution in [-0.2, 0) is 4.74 Å². The lowest BCUT2D eigenvalue weighted by molar-refractivity contribution is 0.0699. The standard InChI is InChI=1S/C12H20ClN5O/c1-2-5-14-11-16-10(13)17-12(18-11)15-8-9-3-6-19-7-4-9/h9H,2-8H2,1H3,(H2,14,15,16,17,18). The van der Waals surface area contributed by atoms with Crippen molar-refractivity contribution in [2.75, 3.05) is 36.9 Å². The largest absolute Gasteiger partial charge is 0.381 e. The fourth-order valence-corrected chi connectivity index (χ4v) is 2.09. The van der Waals surface area contributed by atoms with Crippen molar-refractivity contribution in [1.82, 2.24) is 15.0 Å². The molecule has 2 rings (SSSR count). The minimum absolute atomic E-state index is 0.211. The second kappa shape index (κ2) is 7.45.